The van der Waals surface area contributed by atoms with Gasteiger partial charge in [-0.05, 0) is 30.3 Å². The summed E-state index contributed by atoms with van der Waals surface area (Å²) in [5.74, 6) is 1.83. The van der Waals surface area contributed by atoms with Gasteiger partial charge in [0.05, 0.1) is 13.2 Å². The molecule has 10 heteroatoms. The standard InChI is InChI=1S/C18H23F3N4O2S/c1-12(2)8-24(10-18(19,20)21)11-25-17(28)23(3)16(22-25)15-9-26-13-6-4-5-7-14(13)27-15/h4-7,12,15H,8-11H2,1-3H3. The summed E-state index contributed by atoms with van der Waals surface area (Å²) >= 11 is 5.39. The molecule has 0 radical (unpaired) electrons. The van der Waals surface area contributed by atoms with Gasteiger partial charge in [-0.15, -0.1) is 0 Å². The predicted molar refractivity (Wildman–Crippen MR) is 99.8 cm³/mol. The van der Waals surface area contributed by atoms with E-state index in [1.807, 2.05) is 32.0 Å². The van der Waals surface area contributed by atoms with Crippen molar-refractivity contribution in [2.45, 2.75) is 32.8 Å². The largest absolute Gasteiger partial charge is 0.485 e. The molecule has 1 aliphatic heterocycles. The molecule has 3 rings (SSSR count). The number of rotatable bonds is 6. The van der Waals surface area contributed by atoms with Crippen molar-refractivity contribution in [2.75, 3.05) is 19.7 Å². The molecule has 2 aromatic rings. The molecule has 1 aliphatic rings. The fraction of sp³-hybridized carbons (Fsp3) is 0.556. The third-order valence-electron chi connectivity index (χ3n) is 4.23. The van der Waals surface area contributed by atoms with Crippen molar-refractivity contribution >= 4 is 12.2 Å². The lowest BCUT2D eigenvalue weighted by atomic mass is 10.2. The molecule has 1 aromatic carbocycles. The first-order chi connectivity index (χ1) is 13.1. The Hall–Kier alpha value is -2.07. The van der Waals surface area contributed by atoms with E-state index in [-0.39, 0.29) is 25.7 Å². The van der Waals surface area contributed by atoms with Gasteiger partial charge in [0.25, 0.3) is 0 Å². The molecule has 154 valence electrons. The zero-order valence-corrected chi connectivity index (χ0v) is 16.8. The number of halogens is 3. The summed E-state index contributed by atoms with van der Waals surface area (Å²) in [6, 6.07) is 7.29. The van der Waals surface area contributed by atoms with Gasteiger partial charge in [-0.25, -0.2) is 4.68 Å². The Kier molecular flexibility index (Phi) is 5.99. The second-order valence-electron chi connectivity index (χ2n) is 7.23. The van der Waals surface area contributed by atoms with Crippen LogP contribution in [0.5, 0.6) is 11.5 Å². The molecule has 2 heterocycles. The van der Waals surface area contributed by atoms with Crippen LogP contribution in [0.15, 0.2) is 24.3 Å². The van der Waals surface area contributed by atoms with Gasteiger partial charge < -0.3 is 14.0 Å². The molecule has 0 bridgehead atoms. The number of benzene rings is 1. The molecule has 0 spiro atoms. The maximum absolute atomic E-state index is 12.9. The molecule has 0 saturated heterocycles. The number of hydrogen-bond donors (Lipinski definition) is 0. The van der Waals surface area contributed by atoms with Crippen LogP contribution >= 0.6 is 12.2 Å². The van der Waals surface area contributed by atoms with Gasteiger partial charge in [-0.3, -0.25) is 4.90 Å². The third-order valence-corrected chi connectivity index (χ3v) is 4.72. The van der Waals surface area contributed by atoms with Crippen LogP contribution < -0.4 is 9.47 Å². The highest BCUT2D eigenvalue weighted by Gasteiger charge is 2.32. The zero-order valence-electron chi connectivity index (χ0n) is 15.9. The average molecular weight is 416 g/mol. The number of alkyl halides is 3. The van der Waals surface area contributed by atoms with Crippen molar-refractivity contribution < 1.29 is 22.6 Å². The Bertz CT molecular complexity index is 878. The molecular formula is C18H23F3N4O2S. The van der Waals surface area contributed by atoms with E-state index in [9.17, 15) is 13.2 Å². The van der Waals surface area contributed by atoms with E-state index in [0.717, 1.165) is 0 Å². The van der Waals surface area contributed by atoms with Crippen LogP contribution in [0.1, 0.15) is 25.8 Å². The van der Waals surface area contributed by atoms with Crippen molar-refractivity contribution in [1.29, 1.82) is 0 Å². The van der Waals surface area contributed by atoms with Crippen molar-refractivity contribution in [2.24, 2.45) is 13.0 Å². The lowest BCUT2D eigenvalue weighted by Gasteiger charge is -2.26. The minimum Gasteiger partial charge on any atom is -0.485 e. The van der Waals surface area contributed by atoms with E-state index in [1.54, 1.807) is 17.7 Å². The first-order valence-electron chi connectivity index (χ1n) is 8.95. The predicted octanol–water partition coefficient (Wildman–Crippen LogP) is 3.94. The first kappa shape index (κ1) is 20.7. The van der Waals surface area contributed by atoms with Gasteiger partial charge >= 0.3 is 6.18 Å². The Labute approximate surface area is 166 Å². The molecule has 0 aliphatic carbocycles. The van der Waals surface area contributed by atoms with Gasteiger partial charge in [0.1, 0.15) is 6.61 Å². The number of ether oxygens (including phenoxy) is 2. The Morgan fingerprint density at radius 2 is 1.96 bits per heavy atom. The Balaban J connectivity index is 1.82. The van der Waals surface area contributed by atoms with E-state index in [0.29, 0.717) is 22.1 Å². The maximum Gasteiger partial charge on any atom is 0.401 e. The number of para-hydroxylation sites is 2. The van der Waals surface area contributed by atoms with Gasteiger partial charge in [0.2, 0.25) is 0 Å². The van der Waals surface area contributed by atoms with Crippen LogP contribution in [0.2, 0.25) is 0 Å². The average Bonchev–Trinajstić information content (AvgIpc) is 2.88. The molecule has 0 saturated carbocycles. The monoisotopic (exact) mass is 416 g/mol. The normalized spacial score (nSPS) is 16.8. The van der Waals surface area contributed by atoms with Crippen LogP contribution in [0.3, 0.4) is 0 Å². The minimum atomic E-state index is -4.29. The summed E-state index contributed by atoms with van der Waals surface area (Å²) in [6.07, 6.45) is -4.79. The summed E-state index contributed by atoms with van der Waals surface area (Å²) < 4.78 is 53.9. The van der Waals surface area contributed by atoms with Crippen LogP contribution in [0.4, 0.5) is 13.2 Å². The van der Waals surface area contributed by atoms with E-state index in [1.165, 1.54) is 9.58 Å². The lowest BCUT2D eigenvalue weighted by Crippen LogP contribution is -2.38. The molecule has 1 aromatic heterocycles. The van der Waals surface area contributed by atoms with Gasteiger partial charge in [-0.1, -0.05) is 26.0 Å². The fourth-order valence-corrected chi connectivity index (χ4v) is 3.35. The number of aromatic nitrogens is 3. The van der Waals surface area contributed by atoms with Crippen LogP contribution in [0.25, 0.3) is 0 Å². The molecule has 0 N–H and O–H groups in total. The highest BCUT2D eigenvalue weighted by Crippen LogP contribution is 2.35. The van der Waals surface area contributed by atoms with Gasteiger partial charge in [0.15, 0.2) is 28.2 Å². The van der Waals surface area contributed by atoms with E-state index >= 15 is 0 Å². The number of fused-ring (bicyclic) bond motifs is 1. The molecule has 1 unspecified atom stereocenters. The molecule has 0 amide bonds. The summed E-state index contributed by atoms with van der Waals surface area (Å²) in [5.41, 5.74) is 0. The third kappa shape index (κ3) is 4.85. The fourth-order valence-electron chi connectivity index (χ4n) is 3.16. The molecular weight excluding hydrogens is 393 g/mol. The van der Waals surface area contributed by atoms with E-state index < -0.39 is 18.8 Å². The highest BCUT2D eigenvalue weighted by atomic mass is 32.1. The molecule has 1 atom stereocenters. The van der Waals surface area contributed by atoms with Crippen molar-refractivity contribution in [3.63, 3.8) is 0 Å². The van der Waals surface area contributed by atoms with E-state index in [4.69, 9.17) is 21.7 Å². The van der Waals surface area contributed by atoms with Gasteiger partial charge in [0, 0.05) is 13.6 Å². The highest BCUT2D eigenvalue weighted by molar-refractivity contribution is 7.71. The minimum absolute atomic E-state index is 0.0471. The first-order valence-corrected chi connectivity index (χ1v) is 9.36. The summed E-state index contributed by atoms with van der Waals surface area (Å²) in [7, 11) is 1.72. The number of hydrogen-bond acceptors (Lipinski definition) is 5. The van der Waals surface area contributed by atoms with Crippen LogP contribution in [-0.2, 0) is 13.7 Å². The van der Waals surface area contributed by atoms with E-state index in [2.05, 4.69) is 5.10 Å². The maximum atomic E-state index is 12.9. The molecule has 6 nitrogen and oxygen atoms in total. The van der Waals surface area contributed by atoms with Crippen LogP contribution in [0, 0.1) is 10.7 Å². The SMILES string of the molecule is CC(C)CN(Cn1nc(C2COc3ccccc3O2)n(C)c1=S)CC(F)(F)F. The second kappa shape index (κ2) is 8.12. The number of nitrogens with zero attached hydrogens (tertiary/aromatic N) is 4. The molecule has 28 heavy (non-hydrogen) atoms. The topological polar surface area (TPSA) is 44.5 Å². The summed E-state index contributed by atoms with van der Waals surface area (Å²) in [5, 5.41) is 4.44. The second-order valence-corrected chi connectivity index (χ2v) is 7.59. The smallest absolute Gasteiger partial charge is 0.401 e. The van der Waals surface area contributed by atoms with Crippen molar-refractivity contribution in [1.82, 2.24) is 19.2 Å². The summed E-state index contributed by atoms with van der Waals surface area (Å²) in [4.78, 5) is 1.30. The van der Waals surface area contributed by atoms with Crippen molar-refractivity contribution in [3.8, 4) is 11.5 Å². The lowest BCUT2D eigenvalue weighted by molar-refractivity contribution is -0.151. The summed E-state index contributed by atoms with van der Waals surface area (Å²) in [6.45, 7) is 3.20. The van der Waals surface area contributed by atoms with Crippen molar-refractivity contribution in [3.05, 3.63) is 34.9 Å². The quantitative estimate of drug-likeness (QED) is 0.668. The van der Waals surface area contributed by atoms with Crippen LogP contribution in [-0.4, -0.2) is 45.1 Å². The molecule has 0 fully saturated rings. The zero-order chi connectivity index (χ0) is 20.5. The Morgan fingerprint density at radius 3 is 2.61 bits per heavy atom. The van der Waals surface area contributed by atoms with Gasteiger partial charge in [-0.2, -0.15) is 18.3 Å². The Morgan fingerprint density at radius 1 is 1.29 bits per heavy atom.